The molecule has 0 spiro atoms. The normalized spacial score (nSPS) is 21.8. The van der Waals surface area contributed by atoms with Crippen LogP contribution in [-0.4, -0.2) is 61.6 Å². The Kier molecular flexibility index (Phi) is 6.04. The molecule has 2 fully saturated rings. The zero-order valence-electron chi connectivity index (χ0n) is 14.8. The summed E-state index contributed by atoms with van der Waals surface area (Å²) < 4.78 is 5.40. The third kappa shape index (κ3) is 4.80. The van der Waals surface area contributed by atoms with Gasteiger partial charge in [-0.2, -0.15) is 0 Å². The molecule has 2 saturated heterocycles. The molecule has 1 unspecified atom stereocenters. The zero-order chi connectivity index (χ0) is 17.6. The quantitative estimate of drug-likeness (QED) is 0.857. The summed E-state index contributed by atoms with van der Waals surface area (Å²) in [4.78, 5) is 26.7. The fourth-order valence-electron chi connectivity index (χ4n) is 3.45. The zero-order valence-corrected chi connectivity index (χ0v) is 14.8. The number of carbonyl (C=O) groups excluding carboxylic acids is 2. The first-order valence-electron chi connectivity index (χ1n) is 9.09. The summed E-state index contributed by atoms with van der Waals surface area (Å²) >= 11 is 0. The Morgan fingerprint density at radius 1 is 1.28 bits per heavy atom. The van der Waals surface area contributed by atoms with Crippen molar-refractivity contribution in [1.29, 1.82) is 0 Å². The van der Waals surface area contributed by atoms with Gasteiger partial charge in [0, 0.05) is 43.7 Å². The van der Waals surface area contributed by atoms with E-state index in [-0.39, 0.29) is 23.9 Å². The lowest BCUT2D eigenvalue weighted by atomic mass is 10.0. The van der Waals surface area contributed by atoms with Crippen molar-refractivity contribution in [3.05, 3.63) is 35.4 Å². The maximum absolute atomic E-state index is 12.4. The van der Waals surface area contributed by atoms with Gasteiger partial charge in [0.05, 0.1) is 13.2 Å². The molecule has 2 N–H and O–H groups in total. The molecule has 0 bridgehead atoms. The number of carbonyl (C=O) groups is 2. The third-order valence-electron chi connectivity index (χ3n) is 4.99. The Labute approximate surface area is 148 Å². The van der Waals surface area contributed by atoms with Gasteiger partial charge in [-0.15, -0.1) is 0 Å². The van der Waals surface area contributed by atoms with Gasteiger partial charge in [0.1, 0.15) is 0 Å². The van der Waals surface area contributed by atoms with Gasteiger partial charge in [0.25, 0.3) is 5.91 Å². The molecule has 25 heavy (non-hydrogen) atoms. The highest BCUT2D eigenvalue weighted by atomic mass is 16.5. The molecule has 0 aliphatic carbocycles. The maximum Gasteiger partial charge on any atom is 0.251 e. The van der Waals surface area contributed by atoms with E-state index in [1.807, 2.05) is 36.1 Å². The molecule has 0 saturated carbocycles. The topological polar surface area (TPSA) is 70.7 Å². The number of morpholine rings is 1. The van der Waals surface area contributed by atoms with Crippen LogP contribution in [0.3, 0.4) is 0 Å². The van der Waals surface area contributed by atoms with Crippen molar-refractivity contribution in [2.24, 2.45) is 0 Å². The Morgan fingerprint density at radius 3 is 2.72 bits per heavy atom. The van der Waals surface area contributed by atoms with Gasteiger partial charge >= 0.3 is 0 Å². The Bertz CT molecular complexity index is 606. The van der Waals surface area contributed by atoms with Crippen LogP contribution in [0.15, 0.2) is 24.3 Å². The molecule has 136 valence electrons. The molecule has 2 heterocycles. The minimum atomic E-state index is -0.0218. The van der Waals surface area contributed by atoms with Crippen LogP contribution in [0.25, 0.3) is 0 Å². The predicted molar refractivity (Wildman–Crippen MR) is 95.5 cm³/mol. The number of nitrogens with one attached hydrogen (secondary N) is 2. The van der Waals surface area contributed by atoms with E-state index in [0.29, 0.717) is 26.1 Å². The van der Waals surface area contributed by atoms with Gasteiger partial charge < -0.3 is 20.3 Å². The van der Waals surface area contributed by atoms with Crippen LogP contribution in [0.5, 0.6) is 0 Å². The van der Waals surface area contributed by atoms with Gasteiger partial charge in [0.2, 0.25) is 5.91 Å². The van der Waals surface area contributed by atoms with Crippen molar-refractivity contribution < 1.29 is 14.3 Å². The summed E-state index contributed by atoms with van der Waals surface area (Å²) in [7, 11) is 0. The fourth-order valence-corrected chi connectivity index (χ4v) is 3.45. The minimum Gasteiger partial charge on any atom is -0.378 e. The summed E-state index contributed by atoms with van der Waals surface area (Å²) in [6.45, 7) is 5.48. The van der Waals surface area contributed by atoms with Gasteiger partial charge in [-0.1, -0.05) is 18.2 Å². The lowest BCUT2D eigenvalue weighted by Gasteiger charge is -2.34. The van der Waals surface area contributed by atoms with Crippen molar-refractivity contribution in [2.75, 3.05) is 32.8 Å². The molecular formula is C19H27N3O3. The van der Waals surface area contributed by atoms with Crippen LogP contribution in [-0.2, 0) is 9.53 Å². The lowest BCUT2D eigenvalue weighted by Crippen LogP contribution is -2.49. The second kappa shape index (κ2) is 8.45. The number of piperidine rings is 1. The van der Waals surface area contributed by atoms with Crippen molar-refractivity contribution in [2.45, 2.75) is 38.3 Å². The van der Waals surface area contributed by atoms with E-state index >= 15 is 0 Å². The van der Waals surface area contributed by atoms with Gasteiger partial charge in [0.15, 0.2) is 0 Å². The highest BCUT2D eigenvalue weighted by molar-refractivity contribution is 5.95. The van der Waals surface area contributed by atoms with Crippen molar-refractivity contribution >= 4 is 11.8 Å². The molecule has 0 aromatic heterocycles. The summed E-state index contributed by atoms with van der Waals surface area (Å²) in [5.74, 6) is 0.151. The Morgan fingerprint density at radius 2 is 2.04 bits per heavy atom. The van der Waals surface area contributed by atoms with E-state index in [2.05, 4.69) is 10.6 Å². The highest BCUT2D eigenvalue weighted by Crippen LogP contribution is 2.14. The number of nitrogens with zero attached hydrogens (tertiary/aromatic N) is 1. The number of benzene rings is 1. The van der Waals surface area contributed by atoms with E-state index in [4.69, 9.17) is 4.74 Å². The summed E-state index contributed by atoms with van der Waals surface area (Å²) in [6.07, 6.45) is 2.09. The molecule has 1 aromatic rings. The van der Waals surface area contributed by atoms with Crippen LogP contribution in [0, 0.1) is 6.92 Å². The van der Waals surface area contributed by atoms with Crippen molar-refractivity contribution in [3.8, 4) is 0 Å². The standard InChI is InChI=1S/C19H27N3O3/c1-14-4-2-3-5-17(14)19(24)21-15-6-9-22(10-7-15)18(23)12-16-13-25-11-8-20-16/h2-5,15-16,20H,6-13H2,1H3,(H,21,24). The first kappa shape index (κ1) is 17.9. The van der Waals surface area contributed by atoms with Crippen LogP contribution in [0.4, 0.5) is 0 Å². The van der Waals surface area contributed by atoms with Gasteiger partial charge in [-0.25, -0.2) is 0 Å². The minimum absolute atomic E-state index is 0.0218. The van der Waals surface area contributed by atoms with Crippen LogP contribution in [0.1, 0.15) is 35.2 Å². The van der Waals surface area contributed by atoms with E-state index in [1.54, 1.807) is 0 Å². The lowest BCUT2D eigenvalue weighted by molar-refractivity contribution is -0.133. The smallest absolute Gasteiger partial charge is 0.251 e. The molecule has 1 aromatic carbocycles. The SMILES string of the molecule is Cc1ccccc1C(=O)NC1CCN(C(=O)CC2COCCN2)CC1. The predicted octanol–water partition coefficient (Wildman–Crippen LogP) is 1.09. The van der Waals surface area contributed by atoms with Gasteiger partial charge in [-0.3, -0.25) is 9.59 Å². The molecule has 1 atom stereocenters. The van der Waals surface area contributed by atoms with Crippen LogP contribution < -0.4 is 10.6 Å². The average molecular weight is 345 g/mol. The molecule has 2 amide bonds. The fraction of sp³-hybridized carbons (Fsp3) is 0.579. The summed E-state index contributed by atoms with van der Waals surface area (Å²) in [5.41, 5.74) is 1.71. The van der Waals surface area contributed by atoms with Crippen LogP contribution in [0.2, 0.25) is 0 Å². The number of aryl methyl sites for hydroxylation is 1. The monoisotopic (exact) mass is 345 g/mol. The average Bonchev–Trinajstić information content (AvgIpc) is 2.63. The van der Waals surface area contributed by atoms with E-state index in [1.165, 1.54) is 0 Å². The second-order valence-electron chi connectivity index (χ2n) is 6.87. The van der Waals surface area contributed by atoms with Crippen LogP contribution >= 0.6 is 0 Å². The summed E-state index contributed by atoms with van der Waals surface area (Å²) in [6, 6.07) is 7.86. The molecular weight excluding hydrogens is 318 g/mol. The first-order valence-corrected chi connectivity index (χ1v) is 9.09. The Hall–Kier alpha value is -1.92. The van der Waals surface area contributed by atoms with Gasteiger partial charge in [-0.05, 0) is 31.4 Å². The largest absolute Gasteiger partial charge is 0.378 e. The number of amides is 2. The van der Waals surface area contributed by atoms with E-state index < -0.39 is 0 Å². The van der Waals surface area contributed by atoms with Crippen molar-refractivity contribution in [1.82, 2.24) is 15.5 Å². The number of ether oxygens (including phenoxy) is 1. The van der Waals surface area contributed by atoms with E-state index in [9.17, 15) is 9.59 Å². The van der Waals surface area contributed by atoms with E-state index in [0.717, 1.165) is 37.1 Å². The number of hydrogen-bond acceptors (Lipinski definition) is 4. The van der Waals surface area contributed by atoms with Crippen molar-refractivity contribution in [3.63, 3.8) is 0 Å². The number of rotatable bonds is 4. The summed E-state index contributed by atoms with van der Waals surface area (Å²) in [5, 5.41) is 6.43. The molecule has 3 rings (SSSR count). The second-order valence-corrected chi connectivity index (χ2v) is 6.87. The molecule has 0 radical (unpaired) electrons. The number of likely N-dealkylation sites (tertiary alicyclic amines) is 1. The number of hydrogen-bond donors (Lipinski definition) is 2. The third-order valence-corrected chi connectivity index (χ3v) is 4.99. The first-order chi connectivity index (χ1) is 12.1. The molecule has 6 heteroatoms. The molecule has 6 nitrogen and oxygen atoms in total. The Balaban J connectivity index is 1.44. The highest BCUT2D eigenvalue weighted by Gasteiger charge is 2.26. The maximum atomic E-state index is 12.4. The molecule has 2 aliphatic rings. The molecule has 2 aliphatic heterocycles.